The summed E-state index contributed by atoms with van der Waals surface area (Å²) in [6, 6.07) is 0. The molecule has 0 bridgehead atoms. The number of amides is 1. The molecule has 0 aromatic rings. The van der Waals surface area contributed by atoms with Crippen LogP contribution in [0.4, 0.5) is 4.79 Å². The predicted molar refractivity (Wildman–Crippen MR) is 89.9 cm³/mol. The van der Waals surface area contributed by atoms with Gasteiger partial charge in [-0.05, 0) is 12.5 Å². The molecule has 0 unspecified atom stereocenters. The van der Waals surface area contributed by atoms with Crippen LogP contribution < -0.4 is 10.6 Å². The minimum absolute atomic E-state index is 0. The van der Waals surface area contributed by atoms with Crippen LogP contribution in [0.25, 0.3) is 0 Å². The number of carbonyl (C=O) groups excluding carboxylic acids is 1. The summed E-state index contributed by atoms with van der Waals surface area (Å²) in [6.45, 7) is 15.0. The highest BCUT2D eigenvalue weighted by atomic mass is 16.6. The van der Waals surface area contributed by atoms with Gasteiger partial charge in [-0.2, -0.15) is 0 Å². The van der Waals surface area contributed by atoms with Gasteiger partial charge in [-0.15, -0.1) is 0 Å². The molecule has 0 rings (SSSR count). The molecule has 0 saturated heterocycles. The number of nitrogens with one attached hydrogen (secondary N) is 2. The highest BCUT2D eigenvalue weighted by Crippen LogP contribution is 1.88. The lowest BCUT2D eigenvalue weighted by atomic mass is 10.2. The summed E-state index contributed by atoms with van der Waals surface area (Å²) in [5.41, 5.74) is 0. The topological polar surface area (TPSA) is 68.8 Å². The number of carbonyl (C=O) groups is 1. The molecule has 21 heavy (non-hydrogen) atoms. The van der Waals surface area contributed by atoms with Gasteiger partial charge in [-0.1, -0.05) is 34.6 Å². The van der Waals surface area contributed by atoms with Gasteiger partial charge in [0.05, 0.1) is 26.4 Å². The Hall–Kier alpha value is -0.850. The van der Waals surface area contributed by atoms with Crippen molar-refractivity contribution in [2.75, 3.05) is 52.7 Å². The summed E-state index contributed by atoms with van der Waals surface area (Å²) in [7, 11) is 0. The Kier molecular flexibility index (Phi) is 20.5. The maximum Gasteiger partial charge on any atom is 0.407 e. The van der Waals surface area contributed by atoms with E-state index in [1.165, 1.54) is 0 Å². The third-order valence-corrected chi connectivity index (χ3v) is 2.16. The molecular formula is C15H38N2O4. The van der Waals surface area contributed by atoms with E-state index in [1.54, 1.807) is 0 Å². The number of hydrogen-bond acceptors (Lipinski definition) is 5. The number of rotatable bonds is 12. The Morgan fingerprint density at radius 3 is 2.19 bits per heavy atom. The minimum atomic E-state index is -0.390. The van der Waals surface area contributed by atoms with E-state index in [4.69, 9.17) is 14.2 Å². The van der Waals surface area contributed by atoms with Crippen molar-refractivity contribution in [2.45, 2.75) is 34.6 Å². The van der Waals surface area contributed by atoms with Gasteiger partial charge in [0.2, 0.25) is 0 Å². The highest BCUT2D eigenvalue weighted by molar-refractivity contribution is 5.67. The quantitative estimate of drug-likeness (QED) is 0.542. The van der Waals surface area contributed by atoms with Gasteiger partial charge in [0.1, 0.15) is 6.61 Å². The van der Waals surface area contributed by atoms with Crippen LogP contribution in [0, 0.1) is 5.92 Å². The van der Waals surface area contributed by atoms with Gasteiger partial charge in [0, 0.05) is 15.9 Å². The minimum Gasteiger partial charge on any atom is -0.447 e. The van der Waals surface area contributed by atoms with Crippen LogP contribution in [0.3, 0.4) is 0 Å². The monoisotopic (exact) mass is 310 g/mol. The van der Waals surface area contributed by atoms with Crippen molar-refractivity contribution in [3.05, 3.63) is 0 Å². The largest absolute Gasteiger partial charge is 0.447 e. The summed E-state index contributed by atoms with van der Waals surface area (Å²) in [5, 5.41) is 5.83. The van der Waals surface area contributed by atoms with Gasteiger partial charge in [0.15, 0.2) is 0 Å². The van der Waals surface area contributed by atoms with E-state index >= 15 is 0 Å². The average molecular weight is 310 g/mol. The van der Waals surface area contributed by atoms with Gasteiger partial charge in [0.25, 0.3) is 0 Å². The third kappa shape index (κ3) is 21.6. The van der Waals surface area contributed by atoms with Crippen molar-refractivity contribution < 1.29 is 21.9 Å². The van der Waals surface area contributed by atoms with E-state index in [2.05, 4.69) is 17.6 Å². The molecule has 0 aliphatic heterocycles. The molecule has 6 heteroatoms. The molecule has 0 radical (unpaired) electrons. The first-order valence-electron chi connectivity index (χ1n) is 7.93. The lowest BCUT2D eigenvalue weighted by molar-refractivity contribution is 0.0289. The average Bonchev–Trinajstić information content (AvgIpc) is 2.49. The molecule has 6 nitrogen and oxygen atoms in total. The first-order chi connectivity index (χ1) is 10.2. The zero-order valence-electron chi connectivity index (χ0n) is 14.4. The lowest BCUT2D eigenvalue weighted by Crippen LogP contribution is -2.29. The van der Waals surface area contributed by atoms with Crippen molar-refractivity contribution in [2.24, 2.45) is 5.92 Å². The van der Waals surface area contributed by atoms with E-state index in [0.717, 1.165) is 13.1 Å². The van der Waals surface area contributed by atoms with E-state index in [-0.39, 0.29) is 15.6 Å². The standard InChI is InChI=1S/C13H28N2O4.C2H6.2H2/c1-4-14-5-6-17-7-8-18-9-10-19-13(16)15-11-12(2)3;1-2;;/h12,14H,4-11H2,1-3H3,(H,15,16);1-2H3;2*1H. The van der Waals surface area contributed by atoms with Gasteiger partial charge in [-0.3, -0.25) is 0 Å². The van der Waals surface area contributed by atoms with Crippen molar-refractivity contribution in [1.29, 1.82) is 0 Å². The molecule has 0 heterocycles. The Bertz CT molecular complexity index is 224. The van der Waals surface area contributed by atoms with Crippen molar-refractivity contribution in [1.82, 2.24) is 10.6 Å². The number of alkyl carbamates (subject to hydrolysis) is 1. The molecule has 132 valence electrons. The molecule has 0 atom stereocenters. The van der Waals surface area contributed by atoms with E-state index < -0.39 is 0 Å². The van der Waals surface area contributed by atoms with E-state index in [9.17, 15) is 4.79 Å². The summed E-state index contributed by atoms with van der Waals surface area (Å²) in [5.74, 6) is 0.420. The first kappa shape index (κ1) is 22.4. The van der Waals surface area contributed by atoms with Crippen molar-refractivity contribution in [3.8, 4) is 0 Å². The van der Waals surface area contributed by atoms with Crippen LogP contribution in [0.15, 0.2) is 0 Å². The molecule has 0 aromatic heterocycles. The maximum absolute atomic E-state index is 11.2. The molecular weight excluding hydrogens is 272 g/mol. The zero-order valence-corrected chi connectivity index (χ0v) is 14.4. The molecule has 0 aliphatic rings. The molecule has 0 aliphatic carbocycles. The molecule has 0 fully saturated rings. The molecule has 1 amide bonds. The molecule has 0 spiro atoms. The molecule has 0 saturated carbocycles. The first-order valence-corrected chi connectivity index (χ1v) is 7.93. The Labute approximate surface area is 132 Å². The maximum atomic E-state index is 11.2. The molecule has 0 aromatic carbocycles. The Balaban J connectivity index is -0.000000432. The van der Waals surface area contributed by atoms with Crippen molar-refractivity contribution in [3.63, 3.8) is 0 Å². The number of ether oxygens (including phenoxy) is 3. The summed E-state index contributed by atoms with van der Waals surface area (Å²) >= 11 is 0. The summed E-state index contributed by atoms with van der Waals surface area (Å²) < 4.78 is 15.5. The summed E-state index contributed by atoms with van der Waals surface area (Å²) in [4.78, 5) is 11.2. The van der Waals surface area contributed by atoms with Crippen LogP contribution in [-0.2, 0) is 14.2 Å². The number of hydrogen-bond donors (Lipinski definition) is 2. The van der Waals surface area contributed by atoms with Crippen LogP contribution >= 0.6 is 0 Å². The van der Waals surface area contributed by atoms with Crippen LogP contribution in [0.2, 0.25) is 0 Å². The fraction of sp³-hybridized carbons (Fsp3) is 0.933. The van der Waals surface area contributed by atoms with E-state index in [1.807, 2.05) is 27.7 Å². The smallest absolute Gasteiger partial charge is 0.407 e. The normalized spacial score (nSPS) is 10.0. The fourth-order valence-electron chi connectivity index (χ4n) is 1.17. The second-order valence-electron chi connectivity index (χ2n) is 4.49. The Morgan fingerprint density at radius 2 is 1.62 bits per heavy atom. The molecule has 2 N–H and O–H groups in total. The number of likely N-dealkylation sites (N-methyl/N-ethyl adjacent to an activating group) is 1. The second-order valence-corrected chi connectivity index (χ2v) is 4.49. The highest BCUT2D eigenvalue weighted by Gasteiger charge is 2.02. The second kappa shape index (κ2) is 19.1. The fourth-order valence-corrected chi connectivity index (χ4v) is 1.17. The van der Waals surface area contributed by atoms with Crippen molar-refractivity contribution >= 4 is 6.09 Å². The van der Waals surface area contributed by atoms with E-state index in [0.29, 0.717) is 38.9 Å². The third-order valence-electron chi connectivity index (χ3n) is 2.16. The van der Waals surface area contributed by atoms with Crippen LogP contribution in [0.1, 0.15) is 37.5 Å². The predicted octanol–water partition coefficient (Wildman–Crippen LogP) is 2.53. The van der Waals surface area contributed by atoms with Gasteiger partial charge in [-0.25, -0.2) is 4.79 Å². The zero-order chi connectivity index (χ0) is 16.3. The Morgan fingerprint density at radius 1 is 1.05 bits per heavy atom. The summed E-state index contributed by atoms with van der Waals surface area (Å²) in [6.07, 6.45) is -0.390. The lowest BCUT2D eigenvalue weighted by Gasteiger charge is -2.09. The van der Waals surface area contributed by atoms with Crippen LogP contribution in [-0.4, -0.2) is 58.8 Å². The SMILES string of the molecule is CC.CCNCCOCCOCCOC(=O)NCC(C)C.[HH].[HH]. The van der Waals surface area contributed by atoms with Crippen LogP contribution in [0.5, 0.6) is 0 Å². The van der Waals surface area contributed by atoms with Gasteiger partial charge >= 0.3 is 6.09 Å². The van der Waals surface area contributed by atoms with Gasteiger partial charge < -0.3 is 24.8 Å².